The average Bonchev–Trinajstić information content (AvgIpc) is 2.85. The number of aromatic nitrogens is 1. The quantitative estimate of drug-likeness (QED) is 0.739. The lowest BCUT2D eigenvalue weighted by Gasteiger charge is -2.18. The van der Waals surface area contributed by atoms with Gasteiger partial charge in [0.25, 0.3) is 0 Å². The minimum Gasteiger partial charge on any atom is -0.480 e. The zero-order valence-electron chi connectivity index (χ0n) is 13.6. The highest BCUT2D eigenvalue weighted by atomic mass is 32.1. The summed E-state index contributed by atoms with van der Waals surface area (Å²) in [6.45, 7) is 4.69. The summed E-state index contributed by atoms with van der Waals surface area (Å²) in [5.41, 5.74) is 0. The van der Waals surface area contributed by atoms with Crippen LogP contribution in [0, 0.1) is 5.92 Å². The number of ether oxygens (including phenoxy) is 2. The van der Waals surface area contributed by atoms with E-state index < -0.39 is 0 Å². The highest BCUT2D eigenvalue weighted by Crippen LogP contribution is 2.30. The summed E-state index contributed by atoms with van der Waals surface area (Å²) in [5.74, 6) is 0.770. The molecule has 1 aromatic heterocycles. The predicted octanol–water partition coefficient (Wildman–Crippen LogP) is 1.90. The van der Waals surface area contributed by atoms with Crippen LogP contribution in [0.1, 0.15) is 25.1 Å². The van der Waals surface area contributed by atoms with Gasteiger partial charge in [0.15, 0.2) is 5.13 Å². The summed E-state index contributed by atoms with van der Waals surface area (Å²) in [5, 5.41) is 4.12. The lowest BCUT2D eigenvalue weighted by molar-refractivity contribution is -0.143. The first-order chi connectivity index (χ1) is 9.88. The summed E-state index contributed by atoms with van der Waals surface area (Å²) >= 11 is 1.55. The minimum absolute atomic E-state index is 0.236. The Morgan fingerprint density at radius 2 is 2.05 bits per heavy atom. The normalized spacial score (nSPS) is 12.3. The van der Waals surface area contributed by atoms with Gasteiger partial charge in [-0.2, -0.15) is 4.98 Å². The second-order valence-corrected chi connectivity index (χ2v) is 6.47. The number of anilines is 1. The summed E-state index contributed by atoms with van der Waals surface area (Å²) in [6.07, 6.45) is 0.730. The second kappa shape index (κ2) is 8.19. The van der Waals surface area contributed by atoms with Crippen LogP contribution in [0.15, 0.2) is 0 Å². The van der Waals surface area contributed by atoms with Gasteiger partial charge in [-0.15, -0.1) is 0 Å². The van der Waals surface area contributed by atoms with Crippen molar-refractivity contribution in [2.45, 2.75) is 32.9 Å². The maximum absolute atomic E-state index is 11.8. The number of rotatable bonds is 8. The van der Waals surface area contributed by atoms with Crippen molar-refractivity contribution in [1.29, 1.82) is 0 Å². The molecule has 1 unspecified atom stereocenters. The number of carbonyl (C=O) groups excluding carboxylic acids is 1. The molecule has 6 nitrogen and oxygen atoms in total. The Labute approximate surface area is 130 Å². The van der Waals surface area contributed by atoms with Crippen LogP contribution in [0.4, 0.5) is 5.13 Å². The Bertz CT molecular complexity index is 460. The molecule has 0 saturated heterocycles. The first kappa shape index (κ1) is 17.7. The molecular formula is C14H25N3O3S. The maximum atomic E-state index is 11.8. The van der Waals surface area contributed by atoms with E-state index in [9.17, 15) is 4.79 Å². The van der Waals surface area contributed by atoms with Gasteiger partial charge in [0, 0.05) is 20.6 Å². The van der Waals surface area contributed by atoms with E-state index in [1.807, 2.05) is 19.0 Å². The monoisotopic (exact) mass is 315 g/mol. The fourth-order valence-electron chi connectivity index (χ4n) is 1.88. The highest BCUT2D eigenvalue weighted by molar-refractivity contribution is 7.15. The van der Waals surface area contributed by atoms with Crippen LogP contribution in [0.5, 0.6) is 5.88 Å². The highest BCUT2D eigenvalue weighted by Gasteiger charge is 2.21. The Morgan fingerprint density at radius 1 is 1.38 bits per heavy atom. The van der Waals surface area contributed by atoms with E-state index in [0.717, 1.165) is 16.4 Å². The van der Waals surface area contributed by atoms with Crippen LogP contribution < -0.4 is 15.0 Å². The fourth-order valence-corrected chi connectivity index (χ4v) is 2.78. The zero-order chi connectivity index (χ0) is 16.0. The van der Waals surface area contributed by atoms with Gasteiger partial charge in [-0.25, -0.2) is 0 Å². The van der Waals surface area contributed by atoms with Gasteiger partial charge >= 0.3 is 5.97 Å². The van der Waals surface area contributed by atoms with Crippen molar-refractivity contribution in [1.82, 2.24) is 10.3 Å². The first-order valence-corrected chi connectivity index (χ1v) is 7.72. The topological polar surface area (TPSA) is 63.7 Å². The van der Waals surface area contributed by atoms with Gasteiger partial charge in [-0.3, -0.25) is 10.1 Å². The molecule has 0 aromatic carbocycles. The second-order valence-electron chi connectivity index (χ2n) is 5.41. The molecule has 0 aliphatic rings. The molecule has 1 rings (SSSR count). The van der Waals surface area contributed by atoms with Crippen LogP contribution in [0.2, 0.25) is 0 Å². The molecule has 1 heterocycles. The van der Waals surface area contributed by atoms with E-state index in [1.54, 1.807) is 18.4 Å². The number of hydrogen-bond donors (Lipinski definition) is 1. The molecule has 21 heavy (non-hydrogen) atoms. The van der Waals surface area contributed by atoms with Crippen LogP contribution in [-0.4, -0.2) is 45.3 Å². The molecule has 1 aromatic rings. The lowest BCUT2D eigenvalue weighted by atomic mass is 10.0. The molecule has 0 aliphatic heterocycles. The molecular weight excluding hydrogens is 290 g/mol. The number of esters is 1. The first-order valence-electron chi connectivity index (χ1n) is 6.91. The van der Waals surface area contributed by atoms with Gasteiger partial charge in [-0.1, -0.05) is 25.2 Å². The molecule has 120 valence electrons. The molecule has 1 atom stereocenters. The third-order valence-electron chi connectivity index (χ3n) is 2.93. The van der Waals surface area contributed by atoms with Gasteiger partial charge in [-0.05, 0) is 12.3 Å². The molecule has 0 amide bonds. The third kappa shape index (κ3) is 5.17. The van der Waals surface area contributed by atoms with Gasteiger partial charge < -0.3 is 14.4 Å². The van der Waals surface area contributed by atoms with E-state index >= 15 is 0 Å². The fraction of sp³-hybridized carbons (Fsp3) is 0.714. The molecule has 0 bridgehead atoms. The van der Waals surface area contributed by atoms with Crippen molar-refractivity contribution in [2.75, 3.05) is 33.2 Å². The molecule has 7 heteroatoms. The molecule has 0 fully saturated rings. The number of carbonyl (C=O) groups is 1. The van der Waals surface area contributed by atoms with Crippen molar-refractivity contribution in [3.8, 4) is 5.88 Å². The molecule has 1 N–H and O–H groups in total. The Morgan fingerprint density at radius 3 is 2.52 bits per heavy atom. The molecule has 0 saturated carbocycles. The zero-order valence-corrected chi connectivity index (χ0v) is 14.4. The van der Waals surface area contributed by atoms with E-state index in [2.05, 4.69) is 24.1 Å². The smallest absolute Gasteiger partial charge is 0.322 e. The average molecular weight is 315 g/mol. The summed E-state index contributed by atoms with van der Waals surface area (Å²) in [4.78, 5) is 19.1. The number of hydrogen-bond acceptors (Lipinski definition) is 7. The number of nitrogens with one attached hydrogen (secondary N) is 1. The predicted molar refractivity (Wildman–Crippen MR) is 85.1 cm³/mol. The standard InChI is InChI=1S/C14H25N3O3S/c1-9(2)7-10(13(18)20-6)15-8-11-12(19-5)16-14(21-11)17(3)4/h9-10,15H,7-8H2,1-6H3. The molecule has 0 aliphatic carbocycles. The van der Waals surface area contributed by atoms with Crippen molar-refractivity contribution < 1.29 is 14.3 Å². The Kier molecular flexibility index (Phi) is 6.91. The third-order valence-corrected chi connectivity index (χ3v) is 4.13. The maximum Gasteiger partial charge on any atom is 0.322 e. The minimum atomic E-state index is -0.315. The van der Waals surface area contributed by atoms with Gasteiger partial charge in [0.05, 0.1) is 19.1 Å². The van der Waals surface area contributed by atoms with Crippen molar-refractivity contribution >= 4 is 22.4 Å². The SMILES string of the molecule is COC(=O)C(CC(C)C)NCc1sc(N(C)C)nc1OC. The Hall–Kier alpha value is -1.34. The molecule has 0 spiro atoms. The number of methoxy groups -OCH3 is 2. The summed E-state index contributed by atoms with van der Waals surface area (Å²) in [7, 11) is 6.88. The van der Waals surface area contributed by atoms with E-state index in [1.165, 1.54) is 7.11 Å². The van der Waals surface area contributed by atoms with Crippen molar-refractivity contribution in [2.24, 2.45) is 5.92 Å². The lowest BCUT2D eigenvalue weighted by Crippen LogP contribution is -2.38. The van der Waals surface area contributed by atoms with Crippen LogP contribution in [0.3, 0.4) is 0 Å². The largest absolute Gasteiger partial charge is 0.480 e. The van der Waals surface area contributed by atoms with Gasteiger partial charge in [0.1, 0.15) is 6.04 Å². The van der Waals surface area contributed by atoms with Crippen LogP contribution >= 0.6 is 11.3 Å². The van der Waals surface area contributed by atoms with Gasteiger partial charge in [0.2, 0.25) is 5.88 Å². The van der Waals surface area contributed by atoms with Crippen LogP contribution in [-0.2, 0) is 16.1 Å². The number of nitrogens with zero attached hydrogens (tertiary/aromatic N) is 2. The number of thiazole rings is 1. The van der Waals surface area contributed by atoms with Crippen molar-refractivity contribution in [3.63, 3.8) is 0 Å². The van der Waals surface area contributed by atoms with E-state index in [0.29, 0.717) is 18.3 Å². The van der Waals surface area contributed by atoms with E-state index in [4.69, 9.17) is 9.47 Å². The Balaban J connectivity index is 2.77. The van der Waals surface area contributed by atoms with E-state index in [-0.39, 0.29) is 12.0 Å². The van der Waals surface area contributed by atoms with Crippen molar-refractivity contribution in [3.05, 3.63) is 4.88 Å². The summed E-state index contributed by atoms with van der Waals surface area (Å²) in [6, 6.07) is -0.315. The van der Waals surface area contributed by atoms with Crippen LogP contribution in [0.25, 0.3) is 0 Å². The molecule has 0 radical (unpaired) electrons. The summed E-state index contributed by atoms with van der Waals surface area (Å²) < 4.78 is 10.1.